The second-order valence-corrected chi connectivity index (χ2v) is 3.82. The Kier molecular flexibility index (Phi) is 2.78. The fraction of sp³-hybridized carbons (Fsp3) is 0.600. The molecule has 1 unspecified atom stereocenters. The molecule has 0 aliphatic heterocycles. The Morgan fingerprint density at radius 3 is 2.54 bits per heavy atom. The van der Waals surface area contributed by atoms with Gasteiger partial charge in [0, 0.05) is 11.4 Å². The molecule has 74 valence electrons. The van der Waals surface area contributed by atoms with Crippen molar-refractivity contribution < 1.29 is 5.11 Å². The van der Waals surface area contributed by atoms with Crippen LogP contribution in [-0.2, 0) is 5.60 Å². The molecule has 1 aromatic rings. The minimum atomic E-state index is -0.826. The van der Waals surface area contributed by atoms with E-state index in [0.29, 0.717) is 13.0 Å². The molecule has 13 heavy (non-hydrogen) atoms. The molecule has 0 aromatic carbocycles. The van der Waals surface area contributed by atoms with Crippen LogP contribution in [0, 0.1) is 13.8 Å². The quantitative estimate of drug-likeness (QED) is 0.657. The van der Waals surface area contributed by atoms with Gasteiger partial charge in [-0.2, -0.15) is 0 Å². The molecule has 0 saturated carbocycles. The summed E-state index contributed by atoms with van der Waals surface area (Å²) >= 11 is 0. The van der Waals surface area contributed by atoms with Crippen molar-refractivity contribution in [2.24, 2.45) is 5.73 Å². The molecular formula is C10H18N2O. The number of aromatic nitrogens is 1. The lowest BCUT2D eigenvalue weighted by molar-refractivity contribution is 0.0457. The molecule has 1 heterocycles. The van der Waals surface area contributed by atoms with Crippen LogP contribution in [0.25, 0.3) is 0 Å². The van der Waals surface area contributed by atoms with Crippen LogP contribution in [0.1, 0.15) is 30.3 Å². The summed E-state index contributed by atoms with van der Waals surface area (Å²) in [5.41, 5.74) is 7.66. The van der Waals surface area contributed by atoms with E-state index in [1.807, 2.05) is 19.9 Å². The summed E-state index contributed by atoms with van der Waals surface area (Å²) < 4.78 is 0. The highest BCUT2D eigenvalue weighted by atomic mass is 16.3. The molecule has 3 heteroatoms. The largest absolute Gasteiger partial charge is 0.384 e. The van der Waals surface area contributed by atoms with Crippen molar-refractivity contribution in [3.05, 3.63) is 23.0 Å². The van der Waals surface area contributed by atoms with Crippen LogP contribution in [-0.4, -0.2) is 16.6 Å². The first-order chi connectivity index (χ1) is 5.97. The highest BCUT2D eigenvalue weighted by Gasteiger charge is 2.25. The molecule has 1 rings (SSSR count). The molecule has 1 aromatic heterocycles. The highest BCUT2D eigenvalue weighted by Crippen LogP contribution is 2.26. The van der Waals surface area contributed by atoms with Gasteiger partial charge in [0.15, 0.2) is 0 Å². The number of aryl methyl sites for hydroxylation is 2. The van der Waals surface area contributed by atoms with Gasteiger partial charge in [-0.15, -0.1) is 0 Å². The third-order valence-electron chi connectivity index (χ3n) is 2.32. The van der Waals surface area contributed by atoms with Crippen molar-refractivity contribution in [1.82, 2.24) is 4.98 Å². The number of H-pyrrole nitrogens is 1. The summed E-state index contributed by atoms with van der Waals surface area (Å²) in [6.45, 7) is 6.25. The van der Waals surface area contributed by atoms with Gasteiger partial charge in [-0.25, -0.2) is 0 Å². The van der Waals surface area contributed by atoms with Crippen LogP contribution >= 0.6 is 0 Å². The predicted molar refractivity (Wildman–Crippen MR) is 53.5 cm³/mol. The van der Waals surface area contributed by atoms with Crippen molar-refractivity contribution in [2.45, 2.75) is 32.8 Å². The van der Waals surface area contributed by atoms with E-state index in [1.54, 1.807) is 6.92 Å². The van der Waals surface area contributed by atoms with Gasteiger partial charge in [0.05, 0.1) is 0 Å². The van der Waals surface area contributed by atoms with E-state index in [0.717, 1.165) is 17.0 Å². The number of nitrogens with one attached hydrogen (secondary N) is 1. The zero-order valence-corrected chi connectivity index (χ0v) is 8.52. The third-order valence-corrected chi connectivity index (χ3v) is 2.32. The molecule has 1 atom stereocenters. The Balaban J connectivity index is 2.98. The maximum absolute atomic E-state index is 10.1. The van der Waals surface area contributed by atoms with E-state index in [-0.39, 0.29) is 0 Å². The number of aromatic amines is 1. The summed E-state index contributed by atoms with van der Waals surface area (Å²) in [5, 5.41) is 10.1. The molecule has 0 saturated heterocycles. The lowest BCUT2D eigenvalue weighted by Gasteiger charge is -2.22. The Morgan fingerprint density at radius 2 is 2.15 bits per heavy atom. The van der Waals surface area contributed by atoms with E-state index < -0.39 is 5.60 Å². The van der Waals surface area contributed by atoms with Gasteiger partial charge in [-0.1, -0.05) is 0 Å². The van der Waals surface area contributed by atoms with Gasteiger partial charge in [0.2, 0.25) is 0 Å². The second kappa shape index (κ2) is 3.52. The van der Waals surface area contributed by atoms with Gasteiger partial charge in [-0.05, 0) is 45.4 Å². The van der Waals surface area contributed by atoms with E-state index in [1.165, 1.54) is 0 Å². The van der Waals surface area contributed by atoms with E-state index >= 15 is 0 Å². The Hall–Kier alpha value is -0.800. The fourth-order valence-corrected chi connectivity index (χ4v) is 1.69. The summed E-state index contributed by atoms with van der Waals surface area (Å²) in [7, 11) is 0. The molecule has 0 aliphatic rings. The van der Waals surface area contributed by atoms with Gasteiger partial charge in [0.25, 0.3) is 0 Å². The Bertz CT molecular complexity index is 289. The molecule has 0 fully saturated rings. The minimum absolute atomic E-state index is 0.491. The molecule has 0 aliphatic carbocycles. The van der Waals surface area contributed by atoms with E-state index in [4.69, 9.17) is 5.73 Å². The monoisotopic (exact) mass is 182 g/mol. The SMILES string of the molecule is Cc1cc(C)c(C(C)(O)CCN)[nH]1. The lowest BCUT2D eigenvalue weighted by atomic mass is 9.96. The van der Waals surface area contributed by atoms with Crippen LogP contribution in [0.3, 0.4) is 0 Å². The van der Waals surface area contributed by atoms with Crippen LogP contribution in [0.4, 0.5) is 0 Å². The lowest BCUT2D eigenvalue weighted by Crippen LogP contribution is -2.26. The third kappa shape index (κ3) is 2.11. The first kappa shape index (κ1) is 10.3. The zero-order valence-electron chi connectivity index (χ0n) is 8.52. The van der Waals surface area contributed by atoms with Crippen LogP contribution in [0.2, 0.25) is 0 Å². The highest BCUT2D eigenvalue weighted by molar-refractivity contribution is 5.28. The van der Waals surface area contributed by atoms with Crippen molar-refractivity contribution in [2.75, 3.05) is 6.54 Å². The number of hydrogen-bond acceptors (Lipinski definition) is 2. The standard InChI is InChI=1S/C10H18N2O/c1-7-6-8(2)12-9(7)10(3,13)4-5-11/h6,12-13H,4-5,11H2,1-3H3. The van der Waals surface area contributed by atoms with E-state index in [2.05, 4.69) is 4.98 Å². The summed E-state index contributed by atoms with van der Waals surface area (Å²) in [6.07, 6.45) is 0.577. The number of rotatable bonds is 3. The smallest absolute Gasteiger partial charge is 0.103 e. The normalized spacial score (nSPS) is 15.8. The van der Waals surface area contributed by atoms with Crippen LogP contribution in [0.5, 0.6) is 0 Å². The Morgan fingerprint density at radius 1 is 1.54 bits per heavy atom. The molecular weight excluding hydrogens is 164 g/mol. The molecule has 0 radical (unpaired) electrons. The molecule has 3 nitrogen and oxygen atoms in total. The maximum atomic E-state index is 10.1. The second-order valence-electron chi connectivity index (χ2n) is 3.82. The first-order valence-electron chi connectivity index (χ1n) is 4.56. The summed E-state index contributed by atoms with van der Waals surface area (Å²) in [4.78, 5) is 3.16. The number of nitrogens with two attached hydrogens (primary N) is 1. The van der Waals surface area contributed by atoms with Gasteiger partial charge >= 0.3 is 0 Å². The number of hydrogen-bond donors (Lipinski definition) is 3. The van der Waals surface area contributed by atoms with Crippen molar-refractivity contribution in [3.8, 4) is 0 Å². The Labute approximate surface area is 79.0 Å². The van der Waals surface area contributed by atoms with Crippen molar-refractivity contribution in [1.29, 1.82) is 0 Å². The topological polar surface area (TPSA) is 62.0 Å². The molecule has 0 bridgehead atoms. The average Bonchev–Trinajstić information content (AvgIpc) is 2.30. The van der Waals surface area contributed by atoms with Crippen LogP contribution in [0.15, 0.2) is 6.07 Å². The zero-order chi connectivity index (χ0) is 10.1. The first-order valence-corrected chi connectivity index (χ1v) is 4.56. The van der Waals surface area contributed by atoms with E-state index in [9.17, 15) is 5.11 Å². The summed E-state index contributed by atoms with van der Waals surface area (Å²) in [5.74, 6) is 0. The van der Waals surface area contributed by atoms with Crippen molar-refractivity contribution >= 4 is 0 Å². The summed E-state index contributed by atoms with van der Waals surface area (Å²) in [6, 6.07) is 2.03. The van der Waals surface area contributed by atoms with Gasteiger partial charge < -0.3 is 15.8 Å². The van der Waals surface area contributed by atoms with Gasteiger partial charge in [-0.3, -0.25) is 0 Å². The number of aliphatic hydroxyl groups is 1. The minimum Gasteiger partial charge on any atom is -0.384 e. The maximum Gasteiger partial charge on any atom is 0.103 e. The molecule has 0 spiro atoms. The average molecular weight is 182 g/mol. The van der Waals surface area contributed by atoms with Crippen molar-refractivity contribution in [3.63, 3.8) is 0 Å². The fourth-order valence-electron chi connectivity index (χ4n) is 1.69. The molecule has 4 N–H and O–H groups in total. The molecule has 0 amide bonds. The van der Waals surface area contributed by atoms with Crippen LogP contribution < -0.4 is 5.73 Å². The van der Waals surface area contributed by atoms with Gasteiger partial charge in [0.1, 0.15) is 5.60 Å². The predicted octanol–water partition coefficient (Wildman–Crippen LogP) is 1.19.